The van der Waals surface area contributed by atoms with Crippen molar-refractivity contribution >= 4 is 6.29 Å². The van der Waals surface area contributed by atoms with Gasteiger partial charge in [-0.2, -0.15) is 0 Å². The molecule has 0 saturated carbocycles. The van der Waals surface area contributed by atoms with Crippen LogP contribution in [0.15, 0.2) is 60.7 Å². The van der Waals surface area contributed by atoms with Crippen LogP contribution < -0.4 is 9.47 Å². The summed E-state index contributed by atoms with van der Waals surface area (Å²) in [5.41, 5.74) is 6.41. The van der Waals surface area contributed by atoms with Crippen LogP contribution in [0, 0.1) is 13.8 Å². The Kier molecular flexibility index (Phi) is 6.82. The van der Waals surface area contributed by atoms with Gasteiger partial charge >= 0.3 is 0 Å². The zero-order chi connectivity index (χ0) is 23.4. The van der Waals surface area contributed by atoms with E-state index in [0.717, 1.165) is 28.9 Å². The van der Waals surface area contributed by atoms with Crippen LogP contribution in [0.1, 0.15) is 40.9 Å². The number of benzene rings is 3. The van der Waals surface area contributed by atoms with E-state index >= 15 is 0 Å². The molecule has 4 rings (SSSR count). The third-order valence-corrected chi connectivity index (χ3v) is 5.85. The second kappa shape index (κ2) is 9.77. The number of rotatable bonds is 8. The van der Waals surface area contributed by atoms with E-state index in [9.17, 15) is 4.79 Å². The van der Waals surface area contributed by atoms with E-state index in [0.29, 0.717) is 25.4 Å². The summed E-state index contributed by atoms with van der Waals surface area (Å²) in [6.45, 7) is 9.50. The number of aryl methyl sites for hydroxylation is 1. The Bertz CT molecular complexity index is 1120. The number of carbonyl (C=O) groups excluding carboxylic acids is 1. The van der Waals surface area contributed by atoms with Gasteiger partial charge in [0, 0.05) is 5.56 Å². The second-order valence-corrected chi connectivity index (χ2v) is 8.80. The third-order valence-electron chi connectivity index (χ3n) is 5.85. The molecule has 0 N–H and O–H groups in total. The highest BCUT2D eigenvalue weighted by molar-refractivity contribution is 5.75. The van der Waals surface area contributed by atoms with E-state index in [-0.39, 0.29) is 6.10 Å². The first-order valence-corrected chi connectivity index (χ1v) is 11.2. The van der Waals surface area contributed by atoms with Gasteiger partial charge in [-0.15, -0.1) is 0 Å². The highest BCUT2D eigenvalue weighted by Gasteiger charge is 2.33. The number of hydrogen-bond donors (Lipinski definition) is 0. The highest BCUT2D eigenvalue weighted by atomic mass is 16.7. The molecular weight excluding hydrogens is 416 g/mol. The van der Waals surface area contributed by atoms with Gasteiger partial charge in [-0.05, 0) is 91.9 Å². The molecule has 1 fully saturated rings. The van der Waals surface area contributed by atoms with Gasteiger partial charge in [0.2, 0.25) is 0 Å². The molecule has 1 heterocycles. The molecule has 5 nitrogen and oxygen atoms in total. The lowest BCUT2D eigenvalue weighted by Crippen LogP contribution is -2.25. The second-order valence-electron chi connectivity index (χ2n) is 8.80. The topological polar surface area (TPSA) is 54.0 Å². The predicted octanol–water partition coefficient (Wildman–Crippen LogP) is 5.89. The van der Waals surface area contributed by atoms with E-state index in [2.05, 4.69) is 44.2 Å². The lowest BCUT2D eigenvalue weighted by atomic mass is 9.93. The first-order chi connectivity index (χ1) is 15.8. The molecule has 3 aromatic rings. The number of carbonyl (C=O) groups is 1. The van der Waals surface area contributed by atoms with Gasteiger partial charge in [-0.1, -0.05) is 24.3 Å². The van der Waals surface area contributed by atoms with Crippen molar-refractivity contribution in [3.63, 3.8) is 0 Å². The largest absolute Gasteiger partial charge is 0.491 e. The molecule has 1 aliphatic rings. The Labute approximate surface area is 195 Å². The lowest BCUT2D eigenvalue weighted by Gasteiger charge is -2.18. The molecule has 33 heavy (non-hydrogen) atoms. The van der Waals surface area contributed by atoms with Crippen LogP contribution in [-0.4, -0.2) is 31.4 Å². The van der Waals surface area contributed by atoms with Crippen molar-refractivity contribution in [1.82, 2.24) is 0 Å². The van der Waals surface area contributed by atoms with Crippen molar-refractivity contribution in [2.45, 2.75) is 46.2 Å². The van der Waals surface area contributed by atoms with Gasteiger partial charge in [0.15, 0.2) is 5.79 Å². The first kappa shape index (κ1) is 23.0. The summed E-state index contributed by atoms with van der Waals surface area (Å²) in [6.07, 6.45) is 0.766. The number of aldehydes is 1. The SMILES string of the molecule is Cc1cc(OC[C@@H]2COC(C)(C)O2)ccc1-c1cccc(COc2ccc(C=O)cc2)c1C. The number of ether oxygens (including phenoxy) is 4. The molecule has 1 aliphatic heterocycles. The molecule has 0 aromatic heterocycles. The maximum absolute atomic E-state index is 10.8. The third kappa shape index (κ3) is 5.62. The maximum atomic E-state index is 10.8. The lowest BCUT2D eigenvalue weighted by molar-refractivity contribution is -0.141. The molecule has 3 aromatic carbocycles. The monoisotopic (exact) mass is 446 g/mol. The van der Waals surface area contributed by atoms with Crippen LogP contribution in [0.25, 0.3) is 11.1 Å². The Morgan fingerprint density at radius 2 is 1.73 bits per heavy atom. The Balaban J connectivity index is 1.44. The van der Waals surface area contributed by atoms with E-state index in [1.807, 2.05) is 32.0 Å². The molecule has 0 bridgehead atoms. The quantitative estimate of drug-likeness (QED) is 0.404. The molecule has 0 spiro atoms. The molecule has 0 aliphatic carbocycles. The molecule has 1 atom stereocenters. The predicted molar refractivity (Wildman–Crippen MR) is 128 cm³/mol. The smallest absolute Gasteiger partial charge is 0.163 e. The van der Waals surface area contributed by atoms with Crippen LogP contribution >= 0.6 is 0 Å². The normalized spacial score (nSPS) is 17.0. The van der Waals surface area contributed by atoms with Crippen molar-refractivity contribution in [2.24, 2.45) is 0 Å². The Morgan fingerprint density at radius 1 is 0.970 bits per heavy atom. The summed E-state index contributed by atoms with van der Waals surface area (Å²) in [4.78, 5) is 10.8. The standard InChI is InChI=1S/C28H30O5/c1-19-14-24(31-17-25-18-32-28(3,4)33-25)12-13-26(19)27-7-5-6-22(20(27)2)16-30-23-10-8-21(15-29)9-11-23/h5-15,25H,16-18H2,1-4H3/t25-/m1/s1. The van der Waals surface area contributed by atoms with Gasteiger partial charge in [0.25, 0.3) is 0 Å². The van der Waals surface area contributed by atoms with E-state index in [4.69, 9.17) is 18.9 Å². The van der Waals surface area contributed by atoms with Gasteiger partial charge in [0.1, 0.15) is 37.1 Å². The molecule has 0 amide bonds. The summed E-state index contributed by atoms with van der Waals surface area (Å²) in [5.74, 6) is 1.02. The minimum atomic E-state index is -0.543. The molecule has 172 valence electrons. The first-order valence-electron chi connectivity index (χ1n) is 11.2. The summed E-state index contributed by atoms with van der Waals surface area (Å²) >= 11 is 0. The fourth-order valence-corrected chi connectivity index (χ4v) is 4.00. The summed E-state index contributed by atoms with van der Waals surface area (Å²) in [7, 11) is 0. The minimum absolute atomic E-state index is 0.0615. The maximum Gasteiger partial charge on any atom is 0.163 e. The van der Waals surface area contributed by atoms with Gasteiger partial charge in [0.05, 0.1) is 6.61 Å². The van der Waals surface area contributed by atoms with Crippen LogP contribution in [0.4, 0.5) is 0 Å². The van der Waals surface area contributed by atoms with Crippen LogP contribution in [0.2, 0.25) is 0 Å². The molecule has 1 saturated heterocycles. The van der Waals surface area contributed by atoms with Crippen molar-refractivity contribution in [1.29, 1.82) is 0 Å². The summed E-state index contributed by atoms with van der Waals surface area (Å²) < 4.78 is 23.3. The van der Waals surface area contributed by atoms with Crippen molar-refractivity contribution in [3.8, 4) is 22.6 Å². The van der Waals surface area contributed by atoms with E-state index in [1.54, 1.807) is 12.1 Å². The van der Waals surface area contributed by atoms with Gasteiger partial charge in [-0.3, -0.25) is 4.79 Å². The molecule has 0 unspecified atom stereocenters. The zero-order valence-corrected chi connectivity index (χ0v) is 19.6. The fraction of sp³-hybridized carbons (Fsp3) is 0.321. The Morgan fingerprint density at radius 3 is 2.39 bits per heavy atom. The highest BCUT2D eigenvalue weighted by Crippen LogP contribution is 2.32. The average Bonchev–Trinajstić information content (AvgIpc) is 3.16. The van der Waals surface area contributed by atoms with Crippen molar-refractivity contribution in [3.05, 3.63) is 82.9 Å². The van der Waals surface area contributed by atoms with Crippen molar-refractivity contribution < 1.29 is 23.7 Å². The fourth-order valence-electron chi connectivity index (χ4n) is 4.00. The zero-order valence-electron chi connectivity index (χ0n) is 19.6. The molecular formula is C28H30O5. The van der Waals surface area contributed by atoms with E-state index in [1.165, 1.54) is 16.7 Å². The minimum Gasteiger partial charge on any atom is -0.491 e. The van der Waals surface area contributed by atoms with Crippen LogP contribution in [0.3, 0.4) is 0 Å². The van der Waals surface area contributed by atoms with Crippen LogP contribution in [0.5, 0.6) is 11.5 Å². The summed E-state index contributed by atoms with van der Waals surface area (Å²) in [6, 6.07) is 19.6. The Hall–Kier alpha value is -3.15. The number of hydrogen-bond acceptors (Lipinski definition) is 5. The summed E-state index contributed by atoms with van der Waals surface area (Å²) in [5, 5.41) is 0. The van der Waals surface area contributed by atoms with E-state index < -0.39 is 5.79 Å². The van der Waals surface area contributed by atoms with Gasteiger partial charge < -0.3 is 18.9 Å². The molecule has 5 heteroatoms. The van der Waals surface area contributed by atoms with Crippen molar-refractivity contribution in [2.75, 3.05) is 13.2 Å². The molecule has 0 radical (unpaired) electrons. The average molecular weight is 447 g/mol. The van der Waals surface area contributed by atoms with Gasteiger partial charge in [-0.25, -0.2) is 0 Å². The van der Waals surface area contributed by atoms with Crippen LogP contribution in [-0.2, 0) is 16.1 Å².